The molecule has 0 aliphatic rings. The summed E-state index contributed by atoms with van der Waals surface area (Å²) in [5, 5.41) is 4.10. The van der Waals surface area contributed by atoms with Crippen molar-refractivity contribution in [2.75, 3.05) is 7.11 Å². The van der Waals surface area contributed by atoms with Gasteiger partial charge in [-0.05, 0) is 46.3 Å². The maximum atomic E-state index is 12.3. The van der Waals surface area contributed by atoms with Gasteiger partial charge in [-0.3, -0.25) is 4.98 Å². The van der Waals surface area contributed by atoms with Crippen LogP contribution < -0.4 is 4.74 Å². The van der Waals surface area contributed by atoms with Gasteiger partial charge in [-0.2, -0.15) is 0 Å². The quantitative estimate of drug-likeness (QED) is 0.353. The van der Waals surface area contributed by atoms with Crippen LogP contribution in [0.4, 0.5) is 0 Å². The van der Waals surface area contributed by atoms with Crippen molar-refractivity contribution in [2.45, 2.75) is 0 Å². The molecule has 0 spiro atoms. The molecule has 0 aliphatic heterocycles. The molecular weight excluding hydrogens is 396 g/mol. The van der Waals surface area contributed by atoms with Crippen LogP contribution in [0, 0.1) is 0 Å². The Hall–Kier alpha value is -2.99. The number of carbonyl (C=O) groups is 1. The van der Waals surface area contributed by atoms with Gasteiger partial charge in [0.25, 0.3) is 0 Å². The normalized spacial score (nSPS) is 11.1. The Morgan fingerprint density at radius 1 is 0.962 bits per heavy atom. The molecule has 0 atom stereocenters. The van der Waals surface area contributed by atoms with Crippen LogP contribution in [0.5, 0.6) is 5.75 Å². The van der Waals surface area contributed by atoms with E-state index in [1.54, 1.807) is 43.8 Å². The highest BCUT2D eigenvalue weighted by Crippen LogP contribution is 2.16. The fraction of sp³-hybridized carbons (Fsp3) is 0.0500. The lowest BCUT2D eigenvalue weighted by Gasteiger charge is -2.07. The standard InChI is InChI=1S/C20H15BrN2O3/c1-25-18-9-7-15(8-10-18)20(24)26-23-19(14-5-3-2-4-6-14)16-11-17(21)13-22-12-16/h2-13H,1H3/b23-19+. The highest BCUT2D eigenvalue weighted by molar-refractivity contribution is 9.10. The first-order chi connectivity index (χ1) is 12.7. The zero-order valence-corrected chi connectivity index (χ0v) is 15.5. The Morgan fingerprint density at radius 3 is 2.35 bits per heavy atom. The van der Waals surface area contributed by atoms with Crippen LogP contribution in [0.25, 0.3) is 0 Å². The molecule has 2 aromatic carbocycles. The van der Waals surface area contributed by atoms with Crippen molar-refractivity contribution in [1.29, 1.82) is 0 Å². The van der Waals surface area contributed by atoms with E-state index in [-0.39, 0.29) is 0 Å². The fourth-order valence-electron chi connectivity index (χ4n) is 2.28. The first kappa shape index (κ1) is 17.8. The number of nitrogens with zero attached hydrogens (tertiary/aromatic N) is 2. The van der Waals surface area contributed by atoms with Gasteiger partial charge in [0.15, 0.2) is 0 Å². The van der Waals surface area contributed by atoms with E-state index in [1.165, 1.54) is 0 Å². The van der Waals surface area contributed by atoms with Crippen LogP contribution in [0.3, 0.4) is 0 Å². The maximum absolute atomic E-state index is 12.3. The Morgan fingerprint density at radius 2 is 1.69 bits per heavy atom. The Balaban J connectivity index is 1.90. The smallest absolute Gasteiger partial charge is 0.365 e. The van der Waals surface area contributed by atoms with E-state index in [0.717, 1.165) is 15.6 Å². The molecule has 0 saturated carbocycles. The highest BCUT2D eigenvalue weighted by atomic mass is 79.9. The van der Waals surface area contributed by atoms with Crippen molar-refractivity contribution in [3.05, 3.63) is 94.2 Å². The lowest BCUT2D eigenvalue weighted by Crippen LogP contribution is -2.08. The molecule has 0 saturated heterocycles. The molecule has 130 valence electrons. The fourth-order valence-corrected chi connectivity index (χ4v) is 2.64. The van der Waals surface area contributed by atoms with Crippen LogP contribution in [0.1, 0.15) is 21.5 Å². The molecule has 3 aromatic rings. The van der Waals surface area contributed by atoms with Crippen LogP contribution in [-0.4, -0.2) is 23.8 Å². The summed E-state index contributed by atoms with van der Waals surface area (Å²) in [4.78, 5) is 21.6. The number of hydrogen-bond donors (Lipinski definition) is 0. The third-order valence-electron chi connectivity index (χ3n) is 3.57. The molecule has 1 aromatic heterocycles. The van der Waals surface area contributed by atoms with Crippen LogP contribution in [0.2, 0.25) is 0 Å². The number of pyridine rings is 1. The highest BCUT2D eigenvalue weighted by Gasteiger charge is 2.12. The zero-order chi connectivity index (χ0) is 18.4. The number of halogens is 1. The number of rotatable bonds is 5. The van der Waals surface area contributed by atoms with Gasteiger partial charge in [0.2, 0.25) is 0 Å². The van der Waals surface area contributed by atoms with Gasteiger partial charge >= 0.3 is 5.97 Å². The number of aromatic nitrogens is 1. The molecular formula is C20H15BrN2O3. The molecule has 0 aliphatic carbocycles. The minimum Gasteiger partial charge on any atom is -0.497 e. The number of hydrogen-bond acceptors (Lipinski definition) is 5. The summed E-state index contributed by atoms with van der Waals surface area (Å²) in [5.41, 5.74) is 2.44. The van der Waals surface area contributed by atoms with E-state index in [9.17, 15) is 4.79 Å². The predicted molar refractivity (Wildman–Crippen MR) is 102 cm³/mol. The summed E-state index contributed by atoms with van der Waals surface area (Å²) in [6.07, 6.45) is 3.34. The van der Waals surface area contributed by atoms with Crippen molar-refractivity contribution >= 4 is 27.6 Å². The molecule has 0 N–H and O–H groups in total. The minimum atomic E-state index is -0.552. The van der Waals surface area contributed by atoms with Gasteiger partial charge in [0.05, 0.1) is 12.7 Å². The van der Waals surface area contributed by atoms with E-state index in [1.807, 2.05) is 36.4 Å². The molecule has 0 amide bonds. The van der Waals surface area contributed by atoms with Gasteiger partial charge in [-0.1, -0.05) is 35.5 Å². The number of oxime groups is 1. The summed E-state index contributed by atoms with van der Waals surface area (Å²) in [6, 6.07) is 18.0. The Kier molecular flexibility index (Phi) is 5.76. The summed E-state index contributed by atoms with van der Waals surface area (Å²) in [5.74, 6) is 0.110. The summed E-state index contributed by atoms with van der Waals surface area (Å²) in [7, 11) is 1.57. The summed E-state index contributed by atoms with van der Waals surface area (Å²) < 4.78 is 5.89. The van der Waals surface area contributed by atoms with Crippen molar-refractivity contribution < 1.29 is 14.4 Å². The summed E-state index contributed by atoms with van der Waals surface area (Å²) >= 11 is 3.40. The van der Waals surface area contributed by atoms with Crippen LogP contribution in [0.15, 0.2) is 82.7 Å². The van der Waals surface area contributed by atoms with Gasteiger partial charge in [0.1, 0.15) is 11.5 Å². The first-order valence-electron chi connectivity index (χ1n) is 7.77. The molecule has 3 rings (SSSR count). The second-order valence-corrected chi connectivity index (χ2v) is 6.22. The molecule has 1 heterocycles. The lowest BCUT2D eigenvalue weighted by molar-refractivity contribution is 0.0517. The molecule has 0 unspecified atom stereocenters. The average molecular weight is 411 g/mol. The van der Waals surface area contributed by atoms with Crippen molar-refractivity contribution in [3.63, 3.8) is 0 Å². The molecule has 0 radical (unpaired) electrons. The zero-order valence-electron chi connectivity index (χ0n) is 13.9. The maximum Gasteiger partial charge on any atom is 0.365 e. The average Bonchev–Trinajstić information content (AvgIpc) is 2.69. The molecule has 0 fully saturated rings. The third kappa shape index (κ3) is 4.34. The Bertz CT molecular complexity index is 925. The predicted octanol–water partition coefficient (Wildman–Crippen LogP) is 4.46. The van der Waals surface area contributed by atoms with E-state index in [4.69, 9.17) is 9.57 Å². The number of benzene rings is 2. The van der Waals surface area contributed by atoms with Crippen LogP contribution >= 0.6 is 15.9 Å². The largest absolute Gasteiger partial charge is 0.497 e. The molecule has 6 heteroatoms. The third-order valence-corrected chi connectivity index (χ3v) is 4.00. The lowest BCUT2D eigenvalue weighted by atomic mass is 10.0. The first-order valence-corrected chi connectivity index (χ1v) is 8.56. The van der Waals surface area contributed by atoms with Crippen molar-refractivity contribution in [3.8, 4) is 5.75 Å². The van der Waals surface area contributed by atoms with Gasteiger partial charge in [-0.25, -0.2) is 4.79 Å². The molecule has 0 bridgehead atoms. The number of carbonyl (C=O) groups excluding carboxylic acids is 1. The van der Waals surface area contributed by atoms with Crippen molar-refractivity contribution in [2.24, 2.45) is 5.16 Å². The minimum absolute atomic E-state index is 0.384. The number of methoxy groups -OCH3 is 1. The van der Waals surface area contributed by atoms with Crippen molar-refractivity contribution in [1.82, 2.24) is 4.98 Å². The van der Waals surface area contributed by atoms with Crippen LogP contribution in [-0.2, 0) is 4.84 Å². The number of ether oxygens (including phenoxy) is 1. The second-order valence-electron chi connectivity index (χ2n) is 5.30. The van der Waals surface area contributed by atoms with E-state index in [0.29, 0.717) is 17.0 Å². The van der Waals surface area contributed by atoms with E-state index < -0.39 is 5.97 Å². The van der Waals surface area contributed by atoms with E-state index >= 15 is 0 Å². The molecule has 5 nitrogen and oxygen atoms in total. The monoisotopic (exact) mass is 410 g/mol. The Labute approximate surface area is 159 Å². The second kappa shape index (κ2) is 8.40. The SMILES string of the molecule is COc1ccc(C(=O)O/N=C(\c2ccccc2)c2cncc(Br)c2)cc1. The topological polar surface area (TPSA) is 60.8 Å². The summed E-state index contributed by atoms with van der Waals surface area (Å²) in [6.45, 7) is 0. The molecule has 26 heavy (non-hydrogen) atoms. The van der Waals surface area contributed by atoms with Gasteiger partial charge in [-0.15, -0.1) is 0 Å². The van der Waals surface area contributed by atoms with Gasteiger partial charge in [0, 0.05) is 28.0 Å². The van der Waals surface area contributed by atoms with Gasteiger partial charge < -0.3 is 9.57 Å². The van der Waals surface area contributed by atoms with E-state index in [2.05, 4.69) is 26.1 Å².